The van der Waals surface area contributed by atoms with Crippen molar-refractivity contribution in [3.8, 4) is 33.4 Å². The Hall–Kier alpha value is -6.44. The largest absolute Gasteiger partial charge is 0.309 e. The van der Waals surface area contributed by atoms with Gasteiger partial charge in [-0.05, 0) is 91.1 Å². The Kier molecular flexibility index (Phi) is 7.22. The standard InChI is InChI=1S/C48H33N/c1-3-14-34(15-4-1)41-31-42(35-16-5-2-6-17-35)33-43(32-41)49(46-25-13-22-37-19-9-11-23-44(37)46)47-29-28-38-20-10-12-24-45(38)48(47)40-27-26-36-18-7-8-21-39(36)30-40/h1-33H. The van der Waals surface area contributed by atoms with Crippen LogP contribution in [0, 0.1) is 0 Å². The topological polar surface area (TPSA) is 3.24 Å². The van der Waals surface area contributed by atoms with E-state index < -0.39 is 0 Å². The molecule has 0 aliphatic heterocycles. The van der Waals surface area contributed by atoms with Crippen molar-refractivity contribution in [2.75, 3.05) is 4.90 Å². The van der Waals surface area contributed by atoms with E-state index in [1.54, 1.807) is 0 Å². The summed E-state index contributed by atoms with van der Waals surface area (Å²) in [5.74, 6) is 0. The van der Waals surface area contributed by atoms with Crippen LogP contribution in [0.3, 0.4) is 0 Å². The highest BCUT2D eigenvalue weighted by molar-refractivity contribution is 6.09. The number of hydrogen-bond donors (Lipinski definition) is 0. The lowest BCUT2D eigenvalue weighted by atomic mass is 9.92. The van der Waals surface area contributed by atoms with Crippen LogP contribution in [-0.4, -0.2) is 0 Å². The maximum Gasteiger partial charge on any atom is 0.0546 e. The molecule has 0 aliphatic carbocycles. The van der Waals surface area contributed by atoms with Gasteiger partial charge in [0.25, 0.3) is 0 Å². The maximum atomic E-state index is 2.48. The minimum absolute atomic E-state index is 1.11. The van der Waals surface area contributed by atoms with E-state index in [1.165, 1.54) is 65.7 Å². The van der Waals surface area contributed by atoms with Crippen LogP contribution >= 0.6 is 0 Å². The quantitative estimate of drug-likeness (QED) is 0.178. The summed E-state index contributed by atoms with van der Waals surface area (Å²) < 4.78 is 0. The van der Waals surface area contributed by atoms with Gasteiger partial charge in [-0.25, -0.2) is 0 Å². The van der Waals surface area contributed by atoms with Gasteiger partial charge in [0.2, 0.25) is 0 Å². The second-order valence-corrected chi connectivity index (χ2v) is 12.6. The van der Waals surface area contributed by atoms with Gasteiger partial charge in [-0.2, -0.15) is 0 Å². The molecule has 9 aromatic carbocycles. The van der Waals surface area contributed by atoms with E-state index in [0.29, 0.717) is 0 Å². The molecule has 0 atom stereocenters. The molecule has 49 heavy (non-hydrogen) atoms. The van der Waals surface area contributed by atoms with Crippen LogP contribution in [0.5, 0.6) is 0 Å². The molecular formula is C48H33N. The molecule has 0 heterocycles. The van der Waals surface area contributed by atoms with E-state index >= 15 is 0 Å². The van der Waals surface area contributed by atoms with Crippen molar-refractivity contribution in [2.24, 2.45) is 0 Å². The van der Waals surface area contributed by atoms with Crippen LogP contribution in [0.2, 0.25) is 0 Å². The van der Waals surface area contributed by atoms with E-state index in [0.717, 1.165) is 17.1 Å². The number of fused-ring (bicyclic) bond motifs is 3. The highest BCUT2D eigenvalue weighted by Gasteiger charge is 2.22. The second kappa shape index (κ2) is 12.3. The van der Waals surface area contributed by atoms with Gasteiger partial charge in [0.05, 0.1) is 11.4 Å². The van der Waals surface area contributed by atoms with Crippen LogP contribution in [0.15, 0.2) is 200 Å². The van der Waals surface area contributed by atoms with Crippen molar-refractivity contribution in [2.45, 2.75) is 0 Å². The first-order valence-corrected chi connectivity index (χ1v) is 16.8. The molecule has 0 unspecified atom stereocenters. The zero-order chi connectivity index (χ0) is 32.6. The molecule has 9 aromatic rings. The molecule has 230 valence electrons. The fraction of sp³-hybridized carbons (Fsp3) is 0. The first kappa shape index (κ1) is 28.8. The minimum Gasteiger partial charge on any atom is -0.309 e. The molecule has 0 aliphatic rings. The Bertz CT molecular complexity index is 2540. The summed E-state index contributed by atoms with van der Waals surface area (Å²) in [6, 6.07) is 72.7. The van der Waals surface area contributed by atoms with Gasteiger partial charge in [0, 0.05) is 16.6 Å². The summed E-state index contributed by atoms with van der Waals surface area (Å²) in [7, 11) is 0. The Morgan fingerprint density at radius 1 is 0.265 bits per heavy atom. The van der Waals surface area contributed by atoms with Crippen molar-refractivity contribution in [3.63, 3.8) is 0 Å². The predicted molar refractivity (Wildman–Crippen MR) is 210 cm³/mol. The molecule has 0 saturated carbocycles. The number of hydrogen-bond acceptors (Lipinski definition) is 1. The third kappa shape index (κ3) is 5.32. The number of nitrogens with zero attached hydrogens (tertiary/aromatic N) is 1. The molecule has 1 nitrogen and oxygen atoms in total. The van der Waals surface area contributed by atoms with E-state index in [9.17, 15) is 0 Å². The third-order valence-corrected chi connectivity index (χ3v) is 9.58. The van der Waals surface area contributed by atoms with Gasteiger partial charge in [0.1, 0.15) is 0 Å². The fourth-order valence-corrected chi connectivity index (χ4v) is 7.24. The number of benzene rings is 9. The van der Waals surface area contributed by atoms with Crippen LogP contribution in [-0.2, 0) is 0 Å². The molecule has 0 spiro atoms. The van der Waals surface area contributed by atoms with Gasteiger partial charge in [-0.15, -0.1) is 0 Å². The Balaban J connectivity index is 1.39. The Morgan fingerprint density at radius 2 is 0.796 bits per heavy atom. The van der Waals surface area contributed by atoms with Crippen LogP contribution in [0.4, 0.5) is 17.1 Å². The van der Waals surface area contributed by atoms with E-state index in [-0.39, 0.29) is 0 Å². The summed E-state index contributed by atoms with van der Waals surface area (Å²) in [4.78, 5) is 2.48. The average Bonchev–Trinajstić information content (AvgIpc) is 3.18. The SMILES string of the molecule is c1ccc(-c2cc(-c3ccccc3)cc(N(c3ccc4ccccc4c3-c3ccc4ccccc4c3)c3cccc4ccccc34)c2)cc1. The summed E-state index contributed by atoms with van der Waals surface area (Å²) in [6.45, 7) is 0. The summed E-state index contributed by atoms with van der Waals surface area (Å²) in [5, 5.41) is 7.32. The third-order valence-electron chi connectivity index (χ3n) is 9.58. The molecule has 0 bridgehead atoms. The second-order valence-electron chi connectivity index (χ2n) is 12.6. The van der Waals surface area contributed by atoms with Crippen molar-refractivity contribution in [1.29, 1.82) is 0 Å². The summed E-state index contributed by atoms with van der Waals surface area (Å²) >= 11 is 0. The highest BCUT2D eigenvalue weighted by atomic mass is 15.1. The first-order valence-electron chi connectivity index (χ1n) is 16.8. The molecule has 1 heteroatoms. The highest BCUT2D eigenvalue weighted by Crippen LogP contribution is 2.48. The predicted octanol–water partition coefficient (Wildman–Crippen LogP) is 13.6. The monoisotopic (exact) mass is 623 g/mol. The molecule has 0 fully saturated rings. The smallest absolute Gasteiger partial charge is 0.0546 e. The van der Waals surface area contributed by atoms with Crippen molar-refractivity contribution < 1.29 is 0 Å². The summed E-state index contributed by atoms with van der Waals surface area (Å²) in [5.41, 5.74) is 10.5. The van der Waals surface area contributed by atoms with Gasteiger partial charge >= 0.3 is 0 Å². The zero-order valence-electron chi connectivity index (χ0n) is 27.0. The van der Waals surface area contributed by atoms with E-state index in [2.05, 4.69) is 205 Å². The lowest BCUT2D eigenvalue weighted by Gasteiger charge is -2.31. The molecule has 9 rings (SSSR count). The van der Waals surface area contributed by atoms with Gasteiger partial charge in [-0.1, -0.05) is 164 Å². The zero-order valence-corrected chi connectivity index (χ0v) is 27.0. The lowest BCUT2D eigenvalue weighted by Crippen LogP contribution is -2.12. The lowest BCUT2D eigenvalue weighted by molar-refractivity contribution is 1.30. The van der Waals surface area contributed by atoms with E-state index in [4.69, 9.17) is 0 Å². The maximum absolute atomic E-state index is 2.48. The molecule has 0 aromatic heterocycles. The molecule has 0 saturated heterocycles. The number of rotatable bonds is 6. The minimum atomic E-state index is 1.11. The Morgan fingerprint density at radius 3 is 1.49 bits per heavy atom. The van der Waals surface area contributed by atoms with Crippen LogP contribution in [0.1, 0.15) is 0 Å². The van der Waals surface area contributed by atoms with Gasteiger partial charge < -0.3 is 4.90 Å². The van der Waals surface area contributed by atoms with Crippen molar-refractivity contribution in [3.05, 3.63) is 200 Å². The normalized spacial score (nSPS) is 11.3. The van der Waals surface area contributed by atoms with Crippen molar-refractivity contribution >= 4 is 49.4 Å². The van der Waals surface area contributed by atoms with Gasteiger partial charge in [0.15, 0.2) is 0 Å². The number of anilines is 3. The Labute approximate surface area is 287 Å². The van der Waals surface area contributed by atoms with E-state index in [1.807, 2.05) is 0 Å². The molecular weight excluding hydrogens is 591 g/mol. The summed E-state index contributed by atoms with van der Waals surface area (Å²) in [6.07, 6.45) is 0. The molecule has 0 radical (unpaired) electrons. The van der Waals surface area contributed by atoms with Gasteiger partial charge in [-0.3, -0.25) is 0 Å². The average molecular weight is 624 g/mol. The van der Waals surface area contributed by atoms with Crippen molar-refractivity contribution in [1.82, 2.24) is 0 Å². The van der Waals surface area contributed by atoms with Crippen LogP contribution in [0.25, 0.3) is 65.7 Å². The molecule has 0 amide bonds. The first-order chi connectivity index (χ1) is 24.3. The fourth-order valence-electron chi connectivity index (χ4n) is 7.24. The van der Waals surface area contributed by atoms with Crippen LogP contribution < -0.4 is 4.90 Å². The molecule has 0 N–H and O–H groups in total.